The summed E-state index contributed by atoms with van der Waals surface area (Å²) >= 11 is 0. The number of nitrogens with zero attached hydrogens (tertiary/aromatic N) is 1. The molecule has 0 aliphatic heterocycles. The molecule has 0 saturated heterocycles. The van der Waals surface area contributed by atoms with Crippen LogP contribution >= 0.6 is 0 Å². The second-order valence-corrected chi connectivity index (χ2v) is 3.88. The maximum atomic E-state index is 6.11. The van der Waals surface area contributed by atoms with Gasteiger partial charge in [0.1, 0.15) is 0 Å². The van der Waals surface area contributed by atoms with Crippen molar-refractivity contribution in [3.8, 4) is 0 Å². The number of rotatable bonds is 5. The van der Waals surface area contributed by atoms with Crippen molar-refractivity contribution in [2.75, 3.05) is 0 Å². The molecule has 1 rings (SSSR count). The van der Waals surface area contributed by atoms with E-state index in [9.17, 15) is 0 Å². The zero-order valence-corrected chi connectivity index (χ0v) is 9.11. The first-order valence-electron chi connectivity index (χ1n) is 5.41. The molecule has 0 amide bonds. The number of aromatic nitrogens is 1. The van der Waals surface area contributed by atoms with Gasteiger partial charge in [0.05, 0.1) is 0 Å². The standard InChI is InChI=1S/C12H20N2/c1-3-4-5-12(13)10(2)11-6-8-14-9-7-11/h6-10,12H,3-5,13H2,1-2H3. The summed E-state index contributed by atoms with van der Waals surface area (Å²) in [5.74, 6) is 0.435. The van der Waals surface area contributed by atoms with E-state index in [2.05, 4.69) is 31.0 Å². The molecule has 1 aromatic rings. The van der Waals surface area contributed by atoms with Crippen molar-refractivity contribution in [2.24, 2.45) is 5.73 Å². The number of nitrogens with two attached hydrogens (primary N) is 1. The van der Waals surface area contributed by atoms with E-state index in [0.29, 0.717) is 5.92 Å². The van der Waals surface area contributed by atoms with E-state index in [1.165, 1.54) is 18.4 Å². The van der Waals surface area contributed by atoms with Gasteiger partial charge in [0.25, 0.3) is 0 Å². The first-order chi connectivity index (χ1) is 6.75. The average molecular weight is 192 g/mol. The van der Waals surface area contributed by atoms with Crippen molar-refractivity contribution in [3.63, 3.8) is 0 Å². The van der Waals surface area contributed by atoms with Gasteiger partial charge < -0.3 is 5.73 Å². The van der Waals surface area contributed by atoms with Crippen LogP contribution in [0.5, 0.6) is 0 Å². The Kier molecular flexibility index (Phi) is 4.60. The highest BCUT2D eigenvalue weighted by Crippen LogP contribution is 2.19. The lowest BCUT2D eigenvalue weighted by atomic mass is 9.91. The lowest BCUT2D eigenvalue weighted by molar-refractivity contribution is 0.507. The van der Waals surface area contributed by atoms with Gasteiger partial charge in [-0.2, -0.15) is 0 Å². The molecule has 1 aromatic heterocycles. The minimum absolute atomic E-state index is 0.275. The smallest absolute Gasteiger partial charge is 0.0270 e. The highest BCUT2D eigenvalue weighted by atomic mass is 14.6. The molecule has 14 heavy (non-hydrogen) atoms. The molecule has 2 unspecified atom stereocenters. The van der Waals surface area contributed by atoms with Crippen LogP contribution in [0.15, 0.2) is 24.5 Å². The van der Waals surface area contributed by atoms with Gasteiger partial charge in [0, 0.05) is 18.4 Å². The Balaban J connectivity index is 2.52. The molecule has 0 saturated carbocycles. The molecule has 0 spiro atoms. The van der Waals surface area contributed by atoms with Gasteiger partial charge in [-0.3, -0.25) is 4.98 Å². The number of hydrogen-bond acceptors (Lipinski definition) is 2. The van der Waals surface area contributed by atoms with Gasteiger partial charge >= 0.3 is 0 Å². The van der Waals surface area contributed by atoms with E-state index in [4.69, 9.17) is 5.73 Å². The Hall–Kier alpha value is -0.890. The first kappa shape index (κ1) is 11.2. The first-order valence-corrected chi connectivity index (χ1v) is 5.41. The molecule has 2 nitrogen and oxygen atoms in total. The summed E-state index contributed by atoms with van der Waals surface area (Å²) in [7, 11) is 0. The second-order valence-electron chi connectivity index (χ2n) is 3.88. The topological polar surface area (TPSA) is 38.9 Å². The van der Waals surface area contributed by atoms with Crippen LogP contribution in [0.4, 0.5) is 0 Å². The van der Waals surface area contributed by atoms with Crippen molar-refractivity contribution in [1.29, 1.82) is 0 Å². The fourth-order valence-corrected chi connectivity index (χ4v) is 1.60. The Morgan fingerprint density at radius 2 is 2.00 bits per heavy atom. The van der Waals surface area contributed by atoms with Crippen LogP contribution in [0.2, 0.25) is 0 Å². The van der Waals surface area contributed by atoms with Crippen LogP contribution in [0.1, 0.15) is 44.6 Å². The monoisotopic (exact) mass is 192 g/mol. The molecule has 0 aliphatic carbocycles. The summed E-state index contributed by atoms with van der Waals surface area (Å²) < 4.78 is 0. The van der Waals surface area contributed by atoms with Crippen LogP contribution in [0.3, 0.4) is 0 Å². The lowest BCUT2D eigenvalue weighted by Gasteiger charge is -2.19. The third kappa shape index (κ3) is 3.11. The molecule has 2 atom stereocenters. The van der Waals surface area contributed by atoms with E-state index in [-0.39, 0.29) is 6.04 Å². The highest BCUT2D eigenvalue weighted by Gasteiger charge is 2.13. The zero-order chi connectivity index (χ0) is 10.4. The summed E-state index contributed by atoms with van der Waals surface area (Å²) in [6.45, 7) is 4.39. The molecule has 2 N–H and O–H groups in total. The van der Waals surface area contributed by atoms with Crippen molar-refractivity contribution in [3.05, 3.63) is 30.1 Å². The maximum Gasteiger partial charge on any atom is 0.0270 e. The lowest BCUT2D eigenvalue weighted by Crippen LogP contribution is -2.26. The summed E-state index contributed by atoms with van der Waals surface area (Å²) in [4.78, 5) is 4.01. The fourth-order valence-electron chi connectivity index (χ4n) is 1.60. The number of unbranched alkanes of at least 4 members (excludes halogenated alkanes) is 1. The highest BCUT2D eigenvalue weighted by molar-refractivity contribution is 5.16. The quantitative estimate of drug-likeness (QED) is 0.779. The minimum Gasteiger partial charge on any atom is -0.327 e. The van der Waals surface area contributed by atoms with Crippen LogP contribution < -0.4 is 5.73 Å². The SMILES string of the molecule is CCCCC(N)C(C)c1ccncc1. The van der Waals surface area contributed by atoms with Crippen molar-refractivity contribution >= 4 is 0 Å². The third-order valence-corrected chi connectivity index (χ3v) is 2.77. The molecule has 0 fully saturated rings. The van der Waals surface area contributed by atoms with Gasteiger partial charge in [-0.15, -0.1) is 0 Å². The molecule has 2 heteroatoms. The molecular weight excluding hydrogens is 172 g/mol. The Morgan fingerprint density at radius 1 is 1.36 bits per heavy atom. The minimum atomic E-state index is 0.275. The summed E-state index contributed by atoms with van der Waals surface area (Å²) in [6, 6.07) is 4.38. The third-order valence-electron chi connectivity index (χ3n) is 2.77. The Labute approximate surface area is 86.5 Å². The van der Waals surface area contributed by atoms with Crippen LogP contribution in [-0.2, 0) is 0 Å². The van der Waals surface area contributed by atoms with Crippen molar-refractivity contribution in [2.45, 2.75) is 45.1 Å². The maximum absolute atomic E-state index is 6.11. The number of hydrogen-bond donors (Lipinski definition) is 1. The second kappa shape index (κ2) is 5.76. The van der Waals surface area contributed by atoms with Gasteiger partial charge in [-0.05, 0) is 30.0 Å². The van der Waals surface area contributed by atoms with E-state index >= 15 is 0 Å². The summed E-state index contributed by atoms with van der Waals surface area (Å²) in [5, 5.41) is 0. The van der Waals surface area contributed by atoms with Crippen molar-refractivity contribution < 1.29 is 0 Å². The van der Waals surface area contributed by atoms with Gasteiger partial charge in [-0.1, -0.05) is 26.7 Å². The molecule has 78 valence electrons. The van der Waals surface area contributed by atoms with Gasteiger partial charge in [0.15, 0.2) is 0 Å². The number of pyridine rings is 1. The summed E-state index contributed by atoms with van der Waals surface area (Å²) in [6.07, 6.45) is 7.21. The van der Waals surface area contributed by atoms with E-state index in [0.717, 1.165) is 6.42 Å². The molecule has 0 aromatic carbocycles. The van der Waals surface area contributed by atoms with E-state index < -0.39 is 0 Å². The fraction of sp³-hybridized carbons (Fsp3) is 0.583. The molecular formula is C12H20N2. The molecule has 0 radical (unpaired) electrons. The molecule has 0 aliphatic rings. The predicted octanol–water partition coefficient (Wildman–Crippen LogP) is 2.70. The normalized spacial score (nSPS) is 15.1. The Bertz CT molecular complexity index is 246. The van der Waals surface area contributed by atoms with Crippen LogP contribution in [-0.4, -0.2) is 11.0 Å². The molecule has 1 heterocycles. The van der Waals surface area contributed by atoms with Gasteiger partial charge in [-0.25, -0.2) is 0 Å². The van der Waals surface area contributed by atoms with Gasteiger partial charge in [0.2, 0.25) is 0 Å². The Morgan fingerprint density at radius 3 is 2.57 bits per heavy atom. The molecule has 0 bridgehead atoms. The van der Waals surface area contributed by atoms with E-state index in [1.54, 1.807) is 0 Å². The summed E-state index contributed by atoms with van der Waals surface area (Å²) in [5.41, 5.74) is 7.41. The largest absolute Gasteiger partial charge is 0.327 e. The van der Waals surface area contributed by atoms with E-state index in [1.807, 2.05) is 12.4 Å². The van der Waals surface area contributed by atoms with Crippen molar-refractivity contribution in [1.82, 2.24) is 4.98 Å². The zero-order valence-electron chi connectivity index (χ0n) is 9.11. The van der Waals surface area contributed by atoms with Crippen LogP contribution in [0.25, 0.3) is 0 Å². The average Bonchev–Trinajstić information content (AvgIpc) is 2.26. The van der Waals surface area contributed by atoms with Crippen LogP contribution in [0, 0.1) is 0 Å². The predicted molar refractivity (Wildman–Crippen MR) is 60.2 cm³/mol.